The molecule has 1 N–H and O–H groups in total. The van der Waals surface area contributed by atoms with Gasteiger partial charge in [0, 0.05) is 32.6 Å². The lowest BCUT2D eigenvalue weighted by Gasteiger charge is -2.31. The third-order valence-corrected chi connectivity index (χ3v) is 5.28. The van der Waals surface area contributed by atoms with Gasteiger partial charge in [0.1, 0.15) is 5.60 Å². The molecule has 1 atom stereocenters. The predicted octanol–water partition coefficient (Wildman–Crippen LogP) is 2.96. The number of benzene rings is 2. The van der Waals surface area contributed by atoms with Gasteiger partial charge in [-0.15, -0.1) is 0 Å². The average molecular weight is 347 g/mol. The number of likely N-dealkylation sites (N-methyl/N-ethyl adjacent to an activating group) is 1. The van der Waals surface area contributed by atoms with Crippen LogP contribution in [0.2, 0.25) is 0 Å². The molecule has 2 aromatic carbocycles. The van der Waals surface area contributed by atoms with Crippen LogP contribution >= 0.6 is 0 Å². The Balaban J connectivity index is 1.70. The Labute approximate surface area is 155 Å². The maximum Gasteiger partial charge on any atom is 0.121 e. The fraction of sp³-hybridized carbons (Fsp3) is 0.318. The largest absolute Gasteiger partial charge is 0.380 e. The first kappa shape index (κ1) is 17.0. The summed E-state index contributed by atoms with van der Waals surface area (Å²) in [5.41, 5.74) is 2.80. The van der Waals surface area contributed by atoms with Crippen LogP contribution < -0.4 is 0 Å². The molecule has 0 unspecified atom stereocenters. The Morgan fingerprint density at radius 3 is 2.15 bits per heavy atom. The molecule has 134 valence electrons. The monoisotopic (exact) mass is 347 g/mol. The van der Waals surface area contributed by atoms with Crippen molar-refractivity contribution >= 4 is 11.3 Å². The lowest BCUT2D eigenvalue weighted by Crippen LogP contribution is -2.42. The molecule has 0 spiro atoms. The summed E-state index contributed by atoms with van der Waals surface area (Å²) in [6.45, 7) is 3.90. The maximum absolute atomic E-state index is 11.6. The SMILES string of the molecule is CN1CCN(/N=C2\C=C(c3ccccc3)[C@@](O)(c3ccccc3)C2)CC1. The number of hydrogen-bond acceptors (Lipinski definition) is 4. The van der Waals surface area contributed by atoms with Crippen molar-refractivity contribution in [3.05, 3.63) is 77.9 Å². The summed E-state index contributed by atoms with van der Waals surface area (Å²) in [7, 11) is 2.14. The molecule has 4 nitrogen and oxygen atoms in total. The van der Waals surface area contributed by atoms with E-state index in [1.165, 1.54) is 0 Å². The van der Waals surface area contributed by atoms with Gasteiger partial charge in [0.05, 0.1) is 5.71 Å². The lowest BCUT2D eigenvalue weighted by molar-refractivity contribution is 0.111. The summed E-state index contributed by atoms with van der Waals surface area (Å²) in [5.74, 6) is 0. The van der Waals surface area contributed by atoms with Gasteiger partial charge in [-0.2, -0.15) is 5.10 Å². The highest BCUT2D eigenvalue weighted by molar-refractivity contribution is 6.08. The van der Waals surface area contributed by atoms with Gasteiger partial charge in [0.25, 0.3) is 0 Å². The second kappa shape index (κ2) is 7.06. The van der Waals surface area contributed by atoms with Crippen molar-refractivity contribution in [1.82, 2.24) is 9.91 Å². The second-order valence-electron chi connectivity index (χ2n) is 7.18. The van der Waals surface area contributed by atoms with Gasteiger partial charge in [-0.1, -0.05) is 60.7 Å². The van der Waals surface area contributed by atoms with Crippen LogP contribution in [-0.4, -0.2) is 54.0 Å². The fourth-order valence-electron chi connectivity index (χ4n) is 3.75. The number of allylic oxidation sites excluding steroid dienone is 1. The molecule has 2 aromatic rings. The smallest absolute Gasteiger partial charge is 0.121 e. The van der Waals surface area contributed by atoms with E-state index in [0.29, 0.717) is 6.42 Å². The van der Waals surface area contributed by atoms with Gasteiger partial charge >= 0.3 is 0 Å². The van der Waals surface area contributed by atoms with Crippen molar-refractivity contribution in [1.29, 1.82) is 0 Å². The van der Waals surface area contributed by atoms with Gasteiger partial charge < -0.3 is 10.0 Å². The third-order valence-electron chi connectivity index (χ3n) is 5.28. The zero-order valence-electron chi connectivity index (χ0n) is 15.2. The van der Waals surface area contributed by atoms with Crippen LogP contribution in [0.5, 0.6) is 0 Å². The molecule has 2 aliphatic rings. The lowest BCUT2D eigenvalue weighted by atomic mass is 9.84. The van der Waals surface area contributed by atoms with Crippen molar-refractivity contribution in [3.8, 4) is 0 Å². The van der Waals surface area contributed by atoms with Crippen LogP contribution in [0.1, 0.15) is 17.5 Å². The summed E-state index contributed by atoms with van der Waals surface area (Å²) >= 11 is 0. The van der Waals surface area contributed by atoms with Crippen molar-refractivity contribution in [2.45, 2.75) is 12.0 Å². The van der Waals surface area contributed by atoms with E-state index < -0.39 is 5.60 Å². The highest BCUT2D eigenvalue weighted by Crippen LogP contribution is 2.44. The van der Waals surface area contributed by atoms with E-state index in [1.807, 2.05) is 48.5 Å². The molecule has 4 heteroatoms. The minimum absolute atomic E-state index is 0.508. The van der Waals surface area contributed by atoms with E-state index in [2.05, 4.69) is 35.2 Å². The van der Waals surface area contributed by atoms with Crippen LogP contribution in [0.15, 0.2) is 71.8 Å². The van der Waals surface area contributed by atoms with Crippen molar-refractivity contribution in [3.63, 3.8) is 0 Å². The summed E-state index contributed by atoms with van der Waals surface area (Å²) < 4.78 is 0. The molecular weight excluding hydrogens is 322 g/mol. The zero-order valence-corrected chi connectivity index (χ0v) is 15.2. The van der Waals surface area contributed by atoms with Crippen molar-refractivity contribution in [2.75, 3.05) is 33.2 Å². The molecule has 1 fully saturated rings. The van der Waals surface area contributed by atoms with Crippen molar-refractivity contribution in [2.24, 2.45) is 5.10 Å². The van der Waals surface area contributed by atoms with Gasteiger partial charge in [-0.05, 0) is 29.8 Å². The van der Waals surface area contributed by atoms with Gasteiger partial charge in [0.2, 0.25) is 0 Å². The predicted molar refractivity (Wildman–Crippen MR) is 106 cm³/mol. The van der Waals surface area contributed by atoms with E-state index in [-0.39, 0.29) is 0 Å². The summed E-state index contributed by atoms with van der Waals surface area (Å²) in [6.07, 6.45) is 2.58. The standard InChI is InChI=1S/C22H25N3O/c1-24-12-14-25(15-13-24)23-20-16-21(18-8-4-2-5-9-18)22(26,17-20)19-10-6-3-7-11-19/h2-11,16,26H,12-15,17H2,1H3/b23-20+/t22-/m0/s1. The summed E-state index contributed by atoms with van der Waals surface area (Å²) in [5, 5.41) is 18.6. The Morgan fingerprint density at radius 2 is 1.50 bits per heavy atom. The van der Waals surface area contributed by atoms with Crippen LogP contribution in [0.25, 0.3) is 5.57 Å². The maximum atomic E-state index is 11.6. The normalized spacial score (nSPS) is 25.5. The number of aliphatic hydroxyl groups is 1. The molecule has 0 aromatic heterocycles. The van der Waals surface area contributed by atoms with Crippen LogP contribution in [0, 0.1) is 0 Å². The van der Waals surface area contributed by atoms with Crippen LogP contribution in [-0.2, 0) is 5.60 Å². The van der Waals surface area contributed by atoms with Crippen LogP contribution in [0.4, 0.5) is 0 Å². The molecular formula is C22H25N3O. The highest BCUT2D eigenvalue weighted by Gasteiger charge is 2.40. The van der Waals surface area contributed by atoms with E-state index >= 15 is 0 Å². The number of hydrogen-bond donors (Lipinski definition) is 1. The molecule has 1 aliphatic heterocycles. The Bertz CT molecular complexity index is 808. The number of nitrogens with zero attached hydrogens (tertiary/aromatic N) is 3. The molecule has 0 bridgehead atoms. The zero-order chi connectivity index (χ0) is 18.0. The fourth-order valence-corrected chi connectivity index (χ4v) is 3.75. The van der Waals surface area contributed by atoms with E-state index in [4.69, 9.17) is 5.10 Å². The quantitative estimate of drug-likeness (QED) is 0.928. The molecule has 26 heavy (non-hydrogen) atoms. The number of hydrazone groups is 1. The second-order valence-corrected chi connectivity index (χ2v) is 7.18. The average Bonchev–Trinajstić information content (AvgIpc) is 3.02. The third kappa shape index (κ3) is 3.30. The Kier molecular flexibility index (Phi) is 4.62. The first-order chi connectivity index (χ1) is 12.6. The topological polar surface area (TPSA) is 39.1 Å². The van der Waals surface area contributed by atoms with Gasteiger partial charge in [-0.25, -0.2) is 0 Å². The van der Waals surface area contributed by atoms with E-state index in [1.54, 1.807) is 0 Å². The first-order valence-corrected chi connectivity index (χ1v) is 9.22. The first-order valence-electron chi connectivity index (χ1n) is 9.22. The minimum atomic E-state index is -1.03. The van der Waals surface area contributed by atoms with Crippen LogP contribution in [0.3, 0.4) is 0 Å². The summed E-state index contributed by atoms with van der Waals surface area (Å²) in [6, 6.07) is 20.1. The molecule has 0 radical (unpaired) electrons. The molecule has 1 heterocycles. The molecule has 1 saturated heterocycles. The van der Waals surface area contributed by atoms with E-state index in [0.717, 1.165) is 48.6 Å². The molecule has 0 amide bonds. The Morgan fingerprint density at radius 1 is 0.885 bits per heavy atom. The Hall–Kier alpha value is -2.43. The molecule has 1 aliphatic carbocycles. The highest BCUT2D eigenvalue weighted by atomic mass is 16.3. The molecule has 0 saturated carbocycles. The van der Waals surface area contributed by atoms with Gasteiger partial charge in [-0.3, -0.25) is 5.01 Å². The molecule has 4 rings (SSSR count). The van der Waals surface area contributed by atoms with E-state index in [9.17, 15) is 5.11 Å². The number of piperazine rings is 1. The van der Waals surface area contributed by atoms with Gasteiger partial charge in [0.15, 0.2) is 0 Å². The number of rotatable bonds is 3. The summed E-state index contributed by atoms with van der Waals surface area (Å²) in [4.78, 5) is 2.32. The minimum Gasteiger partial charge on any atom is -0.380 e. The van der Waals surface area contributed by atoms with Crippen molar-refractivity contribution < 1.29 is 5.11 Å².